The predicted molar refractivity (Wildman–Crippen MR) is 114 cm³/mol. The van der Waals surface area contributed by atoms with Crippen molar-refractivity contribution in [1.29, 1.82) is 0 Å². The molecule has 1 amide bonds. The van der Waals surface area contributed by atoms with Gasteiger partial charge in [0.15, 0.2) is 0 Å². The van der Waals surface area contributed by atoms with Gasteiger partial charge in [0.25, 0.3) is 5.56 Å². The third kappa shape index (κ3) is 5.05. The van der Waals surface area contributed by atoms with Crippen LogP contribution in [0.3, 0.4) is 0 Å². The van der Waals surface area contributed by atoms with Gasteiger partial charge in [-0.05, 0) is 43.3 Å². The van der Waals surface area contributed by atoms with Crippen LogP contribution in [0.5, 0.6) is 0 Å². The molecule has 0 bridgehead atoms. The molecule has 0 aliphatic rings. The first-order valence-corrected chi connectivity index (χ1v) is 10.0. The number of H-pyrrole nitrogens is 1. The second-order valence-electron chi connectivity index (χ2n) is 6.67. The van der Waals surface area contributed by atoms with Gasteiger partial charge in [0, 0.05) is 4.47 Å². The van der Waals surface area contributed by atoms with Gasteiger partial charge in [0.2, 0.25) is 5.91 Å². The molecule has 0 spiro atoms. The number of aromatic amines is 1. The Kier molecular flexibility index (Phi) is 6.59. The molecule has 7 heteroatoms. The van der Waals surface area contributed by atoms with Crippen molar-refractivity contribution in [3.8, 4) is 0 Å². The van der Waals surface area contributed by atoms with E-state index in [9.17, 15) is 9.59 Å². The van der Waals surface area contributed by atoms with Crippen LogP contribution in [0, 0.1) is 0 Å². The zero-order chi connectivity index (χ0) is 20.1. The van der Waals surface area contributed by atoms with Crippen molar-refractivity contribution in [1.82, 2.24) is 20.2 Å². The van der Waals surface area contributed by atoms with Gasteiger partial charge in [0.05, 0.1) is 30.0 Å². The van der Waals surface area contributed by atoms with Crippen LogP contribution in [0.2, 0.25) is 0 Å². The number of carbonyl (C=O) groups is 1. The molecular formula is C21H23BrN4O2. The highest BCUT2D eigenvalue weighted by atomic mass is 79.9. The summed E-state index contributed by atoms with van der Waals surface area (Å²) >= 11 is 3.41. The van der Waals surface area contributed by atoms with Crippen LogP contribution in [0.4, 0.5) is 0 Å². The summed E-state index contributed by atoms with van der Waals surface area (Å²) in [5.74, 6) is 0.486. The van der Waals surface area contributed by atoms with Gasteiger partial charge in [-0.2, -0.15) is 0 Å². The summed E-state index contributed by atoms with van der Waals surface area (Å²) in [5.41, 5.74) is 1.54. The first kappa shape index (κ1) is 20.2. The van der Waals surface area contributed by atoms with E-state index in [1.54, 1.807) is 6.07 Å². The van der Waals surface area contributed by atoms with Gasteiger partial charge < -0.3 is 10.3 Å². The van der Waals surface area contributed by atoms with Crippen molar-refractivity contribution < 1.29 is 4.79 Å². The van der Waals surface area contributed by atoms with Crippen LogP contribution in [-0.2, 0) is 11.3 Å². The smallest absolute Gasteiger partial charge is 0.258 e. The molecule has 28 heavy (non-hydrogen) atoms. The zero-order valence-corrected chi connectivity index (χ0v) is 17.5. The lowest BCUT2D eigenvalue weighted by Crippen LogP contribution is -2.38. The van der Waals surface area contributed by atoms with Gasteiger partial charge in [-0.3, -0.25) is 14.5 Å². The first-order valence-electron chi connectivity index (χ1n) is 9.21. The minimum atomic E-state index is -0.162. The van der Waals surface area contributed by atoms with E-state index in [1.165, 1.54) is 0 Å². The number of nitrogens with one attached hydrogen (secondary N) is 2. The van der Waals surface area contributed by atoms with Gasteiger partial charge >= 0.3 is 0 Å². The van der Waals surface area contributed by atoms with Gasteiger partial charge in [0.1, 0.15) is 5.82 Å². The third-order valence-electron chi connectivity index (χ3n) is 4.60. The van der Waals surface area contributed by atoms with Crippen LogP contribution in [0.25, 0.3) is 10.9 Å². The minimum absolute atomic E-state index is 0.0691. The fourth-order valence-electron chi connectivity index (χ4n) is 3.03. The van der Waals surface area contributed by atoms with Crippen molar-refractivity contribution >= 4 is 32.7 Å². The molecule has 146 valence electrons. The van der Waals surface area contributed by atoms with E-state index >= 15 is 0 Å². The van der Waals surface area contributed by atoms with Crippen molar-refractivity contribution in [3.63, 3.8) is 0 Å². The Morgan fingerprint density at radius 1 is 1.21 bits per heavy atom. The maximum atomic E-state index is 12.5. The Balaban J connectivity index is 1.64. The number of hydrogen-bond acceptors (Lipinski definition) is 4. The summed E-state index contributed by atoms with van der Waals surface area (Å²) < 4.78 is 1.00. The SMILES string of the molecule is CCN(CC(=O)N[C@H](C)c1ccc(Br)cc1)Cc1nc2ccccc2c(=O)[nH]1. The fourth-order valence-corrected chi connectivity index (χ4v) is 3.29. The summed E-state index contributed by atoms with van der Waals surface area (Å²) in [6.45, 7) is 5.23. The van der Waals surface area contributed by atoms with E-state index in [-0.39, 0.29) is 24.1 Å². The molecule has 0 aliphatic heterocycles. The molecule has 2 N–H and O–H groups in total. The highest BCUT2D eigenvalue weighted by Gasteiger charge is 2.15. The monoisotopic (exact) mass is 442 g/mol. The molecule has 3 aromatic rings. The average molecular weight is 443 g/mol. The predicted octanol–water partition coefficient (Wildman–Crippen LogP) is 3.38. The van der Waals surface area contributed by atoms with Crippen LogP contribution in [0.15, 0.2) is 57.8 Å². The number of carbonyl (C=O) groups excluding carboxylic acids is 1. The Morgan fingerprint density at radius 2 is 1.93 bits per heavy atom. The summed E-state index contributed by atoms with van der Waals surface area (Å²) in [7, 11) is 0. The molecule has 0 unspecified atom stereocenters. The number of benzene rings is 2. The Bertz CT molecular complexity index is 1020. The second-order valence-corrected chi connectivity index (χ2v) is 7.59. The number of hydrogen-bond donors (Lipinski definition) is 2. The molecule has 0 saturated heterocycles. The Hall–Kier alpha value is -2.51. The number of para-hydroxylation sites is 1. The molecule has 0 fully saturated rings. The van der Waals surface area contributed by atoms with Crippen LogP contribution >= 0.6 is 15.9 Å². The summed E-state index contributed by atoms with van der Waals surface area (Å²) in [4.78, 5) is 34.0. The number of amides is 1. The van der Waals surface area contributed by atoms with Gasteiger partial charge in [-0.25, -0.2) is 4.98 Å². The van der Waals surface area contributed by atoms with Gasteiger partial charge in [-0.15, -0.1) is 0 Å². The quantitative estimate of drug-likeness (QED) is 0.587. The van der Waals surface area contributed by atoms with Crippen LogP contribution < -0.4 is 10.9 Å². The lowest BCUT2D eigenvalue weighted by atomic mass is 10.1. The molecule has 1 heterocycles. The topological polar surface area (TPSA) is 78.1 Å². The van der Waals surface area contributed by atoms with E-state index < -0.39 is 0 Å². The number of halogens is 1. The zero-order valence-electron chi connectivity index (χ0n) is 15.9. The van der Waals surface area contributed by atoms with Crippen molar-refractivity contribution in [3.05, 3.63) is 74.7 Å². The Morgan fingerprint density at radius 3 is 2.64 bits per heavy atom. The second kappa shape index (κ2) is 9.12. The van der Waals surface area contributed by atoms with E-state index in [0.29, 0.717) is 29.8 Å². The van der Waals surface area contributed by atoms with E-state index in [4.69, 9.17) is 0 Å². The highest BCUT2D eigenvalue weighted by Crippen LogP contribution is 2.16. The minimum Gasteiger partial charge on any atom is -0.348 e. The highest BCUT2D eigenvalue weighted by molar-refractivity contribution is 9.10. The van der Waals surface area contributed by atoms with Crippen molar-refractivity contribution in [2.24, 2.45) is 0 Å². The molecule has 0 radical (unpaired) electrons. The van der Waals surface area contributed by atoms with Crippen molar-refractivity contribution in [2.75, 3.05) is 13.1 Å². The average Bonchev–Trinajstić information content (AvgIpc) is 2.68. The molecule has 0 saturated carbocycles. The molecule has 1 aromatic heterocycles. The van der Waals surface area contributed by atoms with Gasteiger partial charge in [-0.1, -0.05) is 47.1 Å². The van der Waals surface area contributed by atoms with Crippen LogP contribution in [0.1, 0.15) is 31.3 Å². The molecule has 1 atom stereocenters. The number of likely N-dealkylation sites (N-methyl/N-ethyl adjacent to an activating group) is 1. The van der Waals surface area contributed by atoms with E-state index in [0.717, 1.165) is 10.0 Å². The lowest BCUT2D eigenvalue weighted by molar-refractivity contribution is -0.123. The lowest BCUT2D eigenvalue weighted by Gasteiger charge is -2.21. The number of rotatable bonds is 7. The fraction of sp³-hybridized carbons (Fsp3) is 0.286. The van der Waals surface area contributed by atoms with Crippen molar-refractivity contribution in [2.45, 2.75) is 26.4 Å². The Labute approximate surface area is 172 Å². The van der Waals surface area contributed by atoms with Crippen LogP contribution in [-0.4, -0.2) is 33.9 Å². The molecule has 6 nitrogen and oxygen atoms in total. The number of fused-ring (bicyclic) bond motifs is 1. The molecular weight excluding hydrogens is 420 g/mol. The molecule has 0 aliphatic carbocycles. The third-order valence-corrected chi connectivity index (χ3v) is 5.13. The van der Waals surface area contributed by atoms with E-state index in [1.807, 2.05) is 61.2 Å². The van der Waals surface area contributed by atoms with E-state index in [2.05, 4.69) is 31.2 Å². The maximum Gasteiger partial charge on any atom is 0.258 e. The summed E-state index contributed by atoms with van der Waals surface area (Å²) in [5, 5.41) is 3.58. The number of aromatic nitrogens is 2. The normalized spacial score (nSPS) is 12.3. The summed E-state index contributed by atoms with van der Waals surface area (Å²) in [6, 6.07) is 15.0. The molecule has 2 aromatic carbocycles. The number of nitrogens with zero attached hydrogens (tertiary/aromatic N) is 2. The summed E-state index contributed by atoms with van der Waals surface area (Å²) in [6.07, 6.45) is 0. The largest absolute Gasteiger partial charge is 0.348 e. The molecule has 3 rings (SSSR count). The first-order chi connectivity index (χ1) is 13.5. The standard InChI is InChI=1S/C21H23BrN4O2/c1-3-26(12-19-24-18-7-5-4-6-17(18)21(28)25-19)13-20(27)23-14(2)15-8-10-16(22)11-9-15/h4-11,14H,3,12-13H2,1-2H3,(H,23,27)(H,24,25,28)/t14-/m1/s1. The maximum absolute atomic E-state index is 12.5.